The average molecular weight is 448 g/mol. The first-order valence-corrected chi connectivity index (χ1v) is 11.5. The third-order valence-electron chi connectivity index (χ3n) is 5.25. The van der Waals surface area contributed by atoms with Crippen LogP contribution < -0.4 is 9.47 Å². The second-order valence-electron chi connectivity index (χ2n) is 7.37. The highest BCUT2D eigenvalue weighted by molar-refractivity contribution is 7.90. The van der Waals surface area contributed by atoms with Crippen LogP contribution in [0.2, 0.25) is 0 Å². The number of esters is 1. The van der Waals surface area contributed by atoms with E-state index in [0.717, 1.165) is 17.4 Å². The monoisotopic (exact) mass is 447 g/mol. The summed E-state index contributed by atoms with van der Waals surface area (Å²) in [6, 6.07) is 8.00. The van der Waals surface area contributed by atoms with Crippen LogP contribution in [0.3, 0.4) is 0 Å². The number of carbonyl (C=O) groups is 2. The summed E-state index contributed by atoms with van der Waals surface area (Å²) in [4.78, 5) is 26.7. The molecule has 0 spiro atoms. The van der Waals surface area contributed by atoms with Gasteiger partial charge in [0.1, 0.15) is 0 Å². The molecule has 8 nitrogen and oxygen atoms in total. The molecule has 0 unspecified atom stereocenters. The molecule has 0 N–H and O–H groups in total. The number of aryl methyl sites for hydroxylation is 1. The van der Waals surface area contributed by atoms with E-state index in [9.17, 15) is 18.0 Å². The number of nitrogens with zero attached hydrogens (tertiary/aromatic N) is 1. The molecule has 1 aliphatic rings. The van der Waals surface area contributed by atoms with Crippen LogP contribution in [0.25, 0.3) is 0 Å². The molecular formula is C22H25NO7S. The van der Waals surface area contributed by atoms with Crippen molar-refractivity contribution in [2.24, 2.45) is 0 Å². The lowest BCUT2D eigenvalue weighted by atomic mass is 9.99. The fraction of sp³-hybridized carbons (Fsp3) is 0.364. The number of rotatable bonds is 6. The van der Waals surface area contributed by atoms with Gasteiger partial charge < -0.3 is 19.1 Å². The zero-order valence-corrected chi connectivity index (χ0v) is 18.7. The van der Waals surface area contributed by atoms with Crippen molar-refractivity contribution >= 4 is 21.7 Å². The van der Waals surface area contributed by atoms with E-state index in [0.29, 0.717) is 36.6 Å². The van der Waals surface area contributed by atoms with Crippen LogP contribution in [0.15, 0.2) is 35.2 Å². The van der Waals surface area contributed by atoms with Gasteiger partial charge in [-0.05, 0) is 54.3 Å². The summed E-state index contributed by atoms with van der Waals surface area (Å²) in [5.41, 5.74) is 2.71. The van der Waals surface area contributed by atoms with Crippen molar-refractivity contribution in [2.75, 3.05) is 33.6 Å². The number of sulfone groups is 1. The minimum atomic E-state index is -3.47. The van der Waals surface area contributed by atoms with Gasteiger partial charge in [0.25, 0.3) is 5.91 Å². The quantitative estimate of drug-likeness (QED) is 0.626. The predicted octanol–water partition coefficient (Wildman–Crippen LogP) is 2.16. The molecule has 0 radical (unpaired) electrons. The molecule has 2 aromatic carbocycles. The second kappa shape index (κ2) is 8.97. The van der Waals surface area contributed by atoms with Gasteiger partial charge in [0, 0.05) is 19.3 Å². The zero-order valence-electron chi connectivity index (χ0n) is 17.9. The van der Waals surface area contributed by atoms with E-state index in [1.54, 1.807) is 26.0 Å². The summed E-state index contributed by atoms with van der Waals surface area (Å²) in [5.74, 6) is 0.163. The lowest BCUT2D eigenvalue weighted by Gasteiger charge is -2.29. The van der Waals surface area contributed by atoms with Crippen molar-refractivity contribution in [1.82, 2.24) is 4.90 Å². The van der Waals surface area contributed by atoms with E-state index in [2.05, 4.69) is 0 Å². The van der Waals surface area contributed by atoms with Crippen molar-refractivity contribution in [3.63, 3.8) is 0 Å². The molecule has 0 aliphatic carbocycles. The molecule has 0 bridgehead atoms. The summed E-state index contributed by atoms with van der Waals surface area (Å²) in [6.45, 7) is 2.10. The number of benzene rings is 2. The Labute approximate surface area is 181 Å². The van der Waals surface area contributed by atoms with Gasteiger partial charge in [-0.1, -0.05) is 6.07 Å². The molecular weight excluding hydrogens is 422 g/mol. The number of amides is 1. The number of ether oxygens (including phenoxy) is 3. The molecule has 0 aromatic heterocycles. The maximum absolute atomic E-state index is 12.6. The molecule has 31 heavy (non-hydrogen) atoms. The lowest BCUT2D eigenvalue weighted by molar-refractivity contribution is -0.135. The van der Waals surface area contributed by atoms with E-state index < -0.39 is 22.4 Å². The Hall–Kier alpha value is -3.07. The Morgan fingerprint density at radius 1 is 1.03 bits per heavy atom. The van der Waals surface area contributed by atoms with Gasteiger partial charge >= 0.3 is 5.97 Å². The summed E-state index contributed by atoms with van der Waals surface area (Å²) < 4.78 is 39.3. The Bertz CT molecular complexity index is 1120. The minimum Gasteiger partial charge on any atom is -0.493 e. The van der Waals surface area contributed by atoms with Crippen LogP contribution in [0.5, 0.6) is 11.5 Å². The fourth-order valence-electron chi connectivity index (χ4n) is 3.44. The summed E-state index contributed by atoms with van der Waals surface area (Å²) >= 11 is 0. The molecule has 1 heterocycles. The lowest BCUT2D eigenvalue weighted by Crippen LogP contribution is -2.38. The summed E-state index contributed by atoms with van der Waals surface area (Å²) in [5, 5.41) is 0. The van der Waals surface area contributed by atoms with Gasteiger partial charge in [0.15, 0.2) is 27.9 Å². The number of carbonyl (C=O) groups excluding carboxylic acids is 2. The third kappa shape index (κ3) is 4.99. The van der Waals surface area contributed by atoms with E-state index in [-0.39, 0.29) is 16.4 Å². The van der Waals surface area contributed by atoms with Crippen molar-refractivity contribution in [2.45, 2.75) is 24.8 Å². The van der Waals surface area contributed by atoms with Crippen LogP contribution in [0, 0.1) is 6.92 Å². The standard InChI is InChI=1S/C22H25NO7S/c1-14-5-6-17(31(4,26)27)11-18(14)22(25)30-13-21(24)23-8-7-15-9-19(28-2)20(29-3)10-16(15)12-23/h5-6,9-11H,7-8,12-13H2,1-4H3. The maximum Gasteiger partial charge on any atom is 0.338 e. The molecule has 0 saturated carbocycles. The van der Waals surface area contributed by atoms with Crippen molar-refractivity contribution < 1.29 is 32.2 Å². The van der Waals surface area contributed by atoms with Crippen LogP contribution in [-0.4, -0.2) is 58.8 Å². The van der Waals surface area contributed by atoms with Crippen molar-refractivity contribution in [1.29, 1.82) is 0 Å². The summed E-state index contributed by atoms with van der Waals surface area (Å²) in [6.07, 6.45) is 1.71. The first kappa shape index (κ1) is 22.6. The topological polar surface area (TPSA) is 99.2 Å². The molecule has 1 amide bonds. The third-order valence-corrected chi connectivity index (χ3v) is 6.36. The highest BCUT2D eigenvalue weighted by Gasteiger charge is 2.24. The molecule has 166 valence electrons. The number of fused-ring (bicyclic) bond motifs is 1. The molecule has 0 fully saturated rings. The van der Waals surface area contributed by atoms with Crippen molar-refractivity contribution in [3.8, 4) is 11.5 Å². The van der Waals surface area contributed by atoms with Crippen LogP contribution in [0.4, 0.5) is 0 Å². The SMILES string of the molecule is COc1cc2c(cc1OC)CN(C(=O)COC(=O)c1cc(S(C)(=O)=O)ccc1C)CC2. The first-order valence-electron chi connectivity index (χ1n) is 9.63. The van der Waals surface area contributed by atoms with Gasteiger partial charge in [-0.2, -0.15) is 0 Å². The van der Waals surface area contributed by atoms with E-state index in [1.165, 1.54) is 18.2 Å². The Morgan fingerprint density at radius 3 is 2.29 bits per heavy atom. The summed E-state index contributed by atoms with van der Waals surface area (Å²) in [7, 11) is -0.340. The molecule has 3 rings (SSSR count). The predicted molar refractivity (Wildman–Crippen MR) is 113 cm³/mol. The molecule has 9 heteroatoms. The van der Waals surface area contributed by atoms with Crippen LogP contribution in [0.1, 0.15) is 27.0 Å². The smallest absolute Gasteiger partial charge is 0.338 e. The number of hydrogen-bond acceptors (Lipinski definition) is 7. The highest BCUT2D eigenvalue weighted by Crippen LogP contribution is 2.33. The van der Waals surface area contributed by atoms with Gasteiger partial charge in [-0.15, -0.1) is 0 Å². The van der Waals surface area contributed by atoms with Gasteiger partial charge in [0.05, 0.1) is 24.7 Å². The van der Waals surface area contributed by atoms with Gasteiger partial charge in [0.2, 0.25) is 0 Å². The number of methoxy groups -OCH3 is 2. The Morgan fingerprint density at radius 2 is 1.68 bits per heavy atom. The van der Waals surface area contributed by atoms with Gasteiger partial charge in [-0.3, -0.25) is 4.79 Å². The average Bonchev–Trinajstić information content (AvgIpc) is 2.75. The van der Waals surface area contributed by atoms with Gasteiger partial charge in [-0.25, -0.2) is 13.2 Å². The van der Waals surface area contributed by atoms with Crippen molar-refractivity contribution in [3.05, 3.63) is 52.6 Å². The normalized spacial score (nSPS) is 13.4. The fourth-order valence-corrected chi connectivity index (χ4v) is 4.09. The second-order valence-corrected chi connectivity index (χ2v) is 9.38. The highest BCUT2D eigenvalue weighted by atomic mass is 32.2. The largest absolute Gasteiger partial charge is 0.493 e. The first-order chi connectivity index (χ1) is 14.6. The Balaban J connectivity index is 1.68. The molecule has 0 atom stereocenters. The van der Waals surface area contributed by atoms with E-state index in [1.807, 2.05) is 12.1 Å². The minimum absolute atomic E-state index is 0.0217. The number of hydrogen-bond donors (Lipinski definition) is 0. The molecule has 1 aliphatic heterocycles. The van der Waals surface area contributed by atoms with Crippen LogP contribution >= 0.6 is 0 Å². The zero-order chi connectivity index (χ0) is 22.8. The molecule has 0 saturated heterocycles. The van der Waals surface area contributed by atoms with Crippen LogP contribution in [-0.2, 0) is 32.3 Å². The van der Waals surface area contributed by atoms with E-state index in [4.69, 9.17) is 14.2 Å². The Kier molecular flexibility index (Phi) is 6.54. The van der Waals surface area contributed by atoms with E-state index >= 15 is 0 Å². The maximum atomic E-state index is 12.6. The molecule has 2 aromatic rings.